The summed E-state index contributed by atoms with van der Waals surface area (Å²) in [6.45, 7) is 0. The van der Waals surface area contributed by atoms with E-state index in [1.54, 1.807) is 24.4 Å². The Morgan fingerprint density at radius 3 is 2.50 bits per heavy atom. The number of pyridine rings is 1. The molecule has 0 aliphatic carbocycles. The van der Waals surface area contributed by atoms with Crippen LogP contribution in [0.5, 0.6) is 11.6 Å². The molecule has 0 aliphatic rings. The van der Waals surface area contributed by atoms with Crippen molar-refractivity contribution in [3.05, 3.63) is 54.2 Å². The first kappa shape index (κ1) is 10.2. The maximum Gasteiger partial charge on any atom is 0.344 e. The van der Waals surface area contributed by atoms with Crippen LogP contribution < -0.4 is 4.74 Å². The molecule has 0 amide bonds. The lowest BCUT2D eigenvalue weighted by Gasteiger charge is -2.02. The molecule has 4 heteroatoms. The fraction of sp³-hybridized carbons (Fsp3) is 0. The van der Waals surface area contributed by atoms with Crippen LogP contribution in [0.25, 0.3) is 0 Å². The zero-order valence-electron chi connectivity index (χ0n) is 8.33. The quantitative estimate of drug-likeness (QED) is 0.778. The van der Waals surface area contributed by atoms with Crippen LogP contribution in [-0.2, 0) is 0 Å². The van der Waals surface area contributed by atoms with Crippen LogP contribution in [0.4, 0.5) is 0 Å². The van der Waals surface area contributed by atoms with E-state index < -0.39 is 5.97 Å². The van der Waals surface area contributed by atoms with E-state index >= 15 is 0 Å². The smallest absolute Gasteiger partial charge is 0.344 e. The van der Waals surface area contributed by atoms with Gasteiger partial charge in [-0.05, 0) is 30.3 Å². The van der Waals surface area contributed by atoms with Gasteiger partial charge in [0.05, 0.1) is 5.56 Å². The largest absolute Gasteiger partial charge is 0.508 e. The number of hydrogen-bond donors (Lipinski definition) is 1. The Morgan fingerprint density at radius 2 is 1.88 bits per heavy atom. The van der Waals surface area contributed by atoms with Crippen LogP contribution in [0.15, 0.2) is 48.7 Å². The molecule has 0 unspecified atom stereocenters. The van der Waals surface area contributed by atoms with Gasteiger partial charge in [-0.3, -0.25) is 0 Å². The van der Waals surface area contributed by atoms with Gasteiger partial charge in [0.15, 0.2) is 0 Å². The first-order valence-corrected chi connectivity index (χ1v) is 4.68. The summed E-state index contributed by atoms with van der Waals surface area (Å²) in [6.07, 6.45) is 1.54. The maximum absolute atomic E-state index is 11.6. The fourth-order valence-corrected chi connectivity index (χ4v) is 1.16. The standard InChI is InChI=1S/C12H9NO3/c14-10-6-4-9(5-7-10)12(15)16-11-3-1-2-8-13-11/h1-8,14H. The Kier molecular flexibility index (Phi) is 2.82. The van der Waals surface area contributed by atoms with Crippen molar-refractivity contribution in [1.82, 2.24) is 4.98 Å². The molecule has 0 saturated carbocycles. The normalized spacial score (nSPS) is 9.75. The van der Waals surface area contributed by atoms with Crippen molar-refractivity contribution in [2.75, 3.05) is 0 Å². The average Bonchev–Trinajstić information content (AvgIpc) is 2.31. The number of benzene rings is 1. The number of hydrogen-bond acceptors (Lipinski definition) is 4. The zero-order chi connectivity index (χ0) is 11.4. The van der Waals surface area contributed by atoms with Gasteiger partial charge in [0.1, 0.15) is 5.75 Å². The van der Waals surface area contributed by atoms with Gasteiger partial charge < -0.3 is 9.84 Å². The third-order valence-electron chi connectivity index (χ3n) is 1.94. The SMILES string of the molecule is O=C(Oc1ccccn1)c1ccc(O)cc1. The Hall–Kier alpha value is -2.36. The molecule has 0 radical (unpaired) electrons. The minimum Gasteiger partial charge on any atom is -0.508 e. The van der Waals surface area contributed by atoms with Crippen molar-refractivity contribution in [2.45, 2.75) is 0 Å². The van der Waals surface area contributed by atoms with E-state index in [1.807, 2.05) is 0 Å². The van der Waals surface area contributed by atoms with Crippen LogP contribution in [0, 0.1) is 0 Å². The number of ether oxygens (including phenoxy) is 1. The van der Waals surface area contributed by atoms with Crippen molar-refractivity contribution in [3.63, 3.8) is 0 Å². The number of aromatic nitrogens is 1. The van der Waals surface area contributed by atoms with Gasteiger partial charge in [-0.15, -0.1) is 0 Å². The van der Waals surface area contributed by atoms with Gasteiger partial charge in [-0.25, -0.2) is 9.78 Å². The molecule has 0 spiro atoms. The van der Waals surface area contributed by atoms with Gasteiger partial charge in [0, 0.05) is 12.3 Å². The molecule has 0 bridgehead atoms. The van der Waals surface area contributed by atoms with Crippen molar-refractivity contribution in [2.24, 2.45) is 0 Å². The van der Waals surface area contributed by atoms with E-state index in [2.05, 4.69) is 4.98 Å². The lowest BCUT2D eigenvalue weighted by atomic mass is 10.2. The second-order valence-corrected chi connectivity index (χ2v) is 3.10. The summed E-state index contributed by atoms with van der Waals surface area (Å²) in [4.78, 5) is 15.5. The molecular weight excluding hydrogens is 206 g/mol. The molecule has 0 fully saturated rings. The summed E-state index contributed by atoms with van der Waals surface area (Å²) >= 11 is 0. The average molecular weight is 215 g/mol. The second-order valence-electron chi connectivity index (χ2n) is 3.10. The summed E-state index contributed by atoms with van der Waals surface area (Å²) in [6, 6.07) is 10.9. The van der Waals surface area contributed by atoms with Crippen molar-refractivity contribution in [1.29, 1.82) is 0 Å². The highest BCUT2D eigenvalue weighted by molar-refractivity contribution is 5.90. The summed E-state index contributed by atoms with van der Waals surface area (Å²) < 4.78 is 5.01. The predicted molar refractivity (Wildman–Crippen MR) is 57.3 cm³/mol. The van der Waals surface area contributed by atoms with Gasteiger partial charge >= 0.3 is 5.97 Å². The van der Waals surface area contributed by atoms with Crippen LogP contribution in [0.1, 0.15) is 10.4 Å². The van der Waals surface area contributed by atoms with Gasteiger partial charge in [-0.2, -0.15) is 0 Å². The summed E-state index contributed by atoms with van der Waals surface area (Å²) in [7, 11) is 0. The Labute approximate surface area is 92.1 Å². The van der Waals surface area contributed by atoms with Crippen LogP contribution >= 0.6 is 0 Å². The number of phenolic OH excluding ortho intramolecular Hbond substituents is 1. The number of esters is 1. The number of phenols is 1. The number of carbonyl (C=O) groups excluding carboxylic acids is 1. The molecule has 2 rings (SSSR count). The molecular formula is C12H9NO3. The van der Waals surface area contributed by atoms with E-state index in [0.29, 0.717) is 5.56 Å². The highest BCUT2D eigenvalue weighted by Gasteiger charge is 2.08. The Morgan fingerprint density at radius 1 is 1.12 bits per heavy atom. The van der Waals surface area contributed by atoms with Gasteiger partial charge in [0.2, 0.25) is 5.88 Å². The Bertz CT molecular complexity index is 479. The third kappa shape index (κ3) is 2.36. The van der Waals surface area contributed by atoms with Crippen LogP contribution in [-0.4, -0.2) is 16.1 Å². The number of rotatable bonds is 2. The first-order valence-electron chi connectivity index (χ1n) is 4.68. The van der Waals surface area contributed by atoms with Gasteiger partial charge in [-0.1, -0.05) is 6.07 Å². The first-order chi connectivity index (χ1) is 7.75. The molecule has 0 aliphatic heterocycles. The van der Waals surface area contributed by atoms with Gasteiger partial charge in [0.25, 0.3) is 0 Å². The van der Waals surface area contributed by atoms with E-state index in [-0.39, 0.29) is 11.6 Å². The number of aromatic hydroxyl groups is 1. The monoisotopic (exact) mass is 215 g/mol. The fourth-order valence-electron chi connectivity index (χ4n) is 1.16. The maximum atomic E-state index is 11.6. The molecule has 16 heavy (non-hydrogen) atoms. The molecule has 1 aromatic carbocycles. The van der Waals surface area contributed by atoms with E-state index in [4.69, 9.17) is 9.84 Å². The Balaban J connectivity index is 2.12. The summed E-state index contributed by atoms with van der Waals surface area (Å²) in [5, 5.41) is 9.06. The number of carbonyl (C=O) groups is 1. The molecule has 1 N–H and O–H groups in total. The number of nitrogens with zero attached hydrogens (tertiary/aromatic N) is 1. The molecule has 80 valence electrons. The van der Waals surface area contributed by atoms with Crippen LogP contribution in [0.3, 0.4) is 0 Å². The van der Waals surface area contributed by atoms with Crippen molar-refractivity contribution < 1.29 is 14.6 Å². The summed E-state index contributed by atoms with van der Waals surface area (Å²) in [5.74, 6) is -0.145. The lowest BCUT2D eigenvalue weighted by molar-refractivity contribution is 0.0727. The highest BCUT2D eigenvalue weighted by atomic mass is 16.5. The van der Waals surface area contributed by atoms with Crippen molar-refractivity contribution in [3.8, 4) is 11.6 Å². The molecule has 1 aromatic heterocycles. The van der Waals surface area contributed by atoms with E-state index in [9.17, 15) is 4.79 Å². The molecule has 0 saturated heterocycles. The zero-order valence-corrected chi connectivity index (χ0v) is 8.33. The van der Waals surface area contributed by atoms with E-state index in [1.165, 1.54) is 24.3 Å². The minimum absolute atomic E-state index is 0.106. The van der Waals surface area contributed by atoms with Crippen molar-refractivity contribution >= 4 is 5.97 Å². The second kappa shape index (κ2) is 4.44. The molecule has 0 atom stereocenters. The molecule has 4 nitrogen and oxygen atoms in total. The highest BCUT2D eigenvalue weighted by Crippen LogP contribution is 2.12. The predicted octanol–water partition coefficient (Wildman–Crippen LogP) is 2.01. The van der Waals surface area contributed by atoms with Crippen LogP contribution in [0.2, 0.25) is 0 Å². The van der Waals surface area contributed by atoms with E-state index in [0.717, 1.165) is 0 Å². The summed E-state index contributed by atoms with van der Waals surface area (Å²) in [5.41, 5.74) is 0.364. The molecule has 1 heterocycles. The topological polar surface area (TPSA) is 59.4 Å². The lowest BCUT2D eigenvalue weighted by Crippen LogP contribution is -2.08. The minimum atomic E-state index is -0.501. The third-order valence-corrected chi connectivity index (χ3v) is 1.94. The molecule has 2 aromatic rings.